The molecule has 0 bridgehead atoms. The molecule has 18 heteroatoms. The summed E-state index contributed by atoms with van der Waals surface area (Å²) in [5.41, 5.74) is 0.0668. The van der Waals surface area contributed by atoms with Crippen LogP contribution in [0.1, 0.15) is 70.9 Å². The fourth-order valence-electron chi connectivity index (χ4n) is 6.92. The predicted molar refractivity (Wildman–Crippen MR) is 220 cm³/mol. The topological polar surface area (TPSA) is 170 Å². The molecule has 0 unspecified atom stereocenters. The number of ether oxygens (including phenoxy) is 4. The molecule has 0 saturated heterocycles. The molecule has 1 fully saturated rings. The number of aromatic nitrogens is 2. The maximum atomic E-state index is 16.0. The van der Waals surface area contributed by atoms with Crippen molar-refractivity contribution in [3.8, 4) is 11.5 Å². The van der Waals surface area contributed by atoms with Gasteiger partial charge in [0, 0.05) is 48.4 Å². The minimum absolute atomic E-state index is 0.0663. The average molecular weight is 859 g/mol. The highest BCUT2D eigenvalue weighted by molar-refractivity contribution is 7.93. The number of hydrogen-bond acceptors (Lipinski definition) is 12. The standard InChI is InChI=1S/C41H52F2N6O8S2/c1-27(48-39(51)57-40(2,3)4)30(22-41(15-10-16-41)17-18-44-38(50)56-25-28-11-8-7-9-12-28)23-45-34-20-33(43)36(21-32(34)42)59(52,53)49(37-46-26-47-58-37)24-29-13-14-31(54-5)19-35(29)55-6/h7-9,11-14,19-21,26-27,30,45H,10,15-18,22-25H2,1-6H3,(H,44,50)(H,48,51)/t27-,30+/m1/s1. The van der Waals surface area contributed by atoms with E-state index >= 15 is 8.78 Å². The number of rotatable bonds is 19. The summed E-state index contributed by atoms with van der Waals surface area (Å²) >= 11 is 0.771. The van der Waals surface area contributed by atoms with Gasteiger partial charge in [-0.15, -0.1) is 0 Å². The average Bonchev–Trinajstić information content (AvgIpc) is 3.71. The monoisotopic (exact) mass is 858 g/mol. The minimum atomic E-state index is -4.75. The summed E-state index contributed by atoms with van der Waals surface area (Å²) in [6, 6.07) is 15.1. The van der Waals surface area contributed by atoms with E-state index in [0.29, 0.717) is 42.5 Å². The molecule has 2 atom stereocenters. The number of nitrogens with zero attached hydrogens (tertiary/aromatic N) is 3. The van der Waals surface area contributed by atoms with Gasteiger partial charge in [-0.3, -0.25) is 0 Å². The van der Waals surface area contributed by atoms with Gasteiger partial charge in [0.2, 0.25) is 5.13 Å². The molecule has 3 aromatic carbocycles. The van der Waals surface area contributed by atoms with Crippen LogP contribution in [0.2, 0.25) is 0 Å². The number of alkyl carbamates (subject to hydrolysis) is 2. The predicted octanol–water partition coefficient (Wildman–Crippen LogP) is 8.05. The maximum Gasteiger partial charge on any atom is 0.407 e. The Morgan fingerprint density at radius 3 is 2.37 bits per heavy atom. The summed E-state index contributed by atoms with van der Waals surface area (Å²) in [6.45, 7) is 7.32. The Hall–Kier alpha value is -5.23. The summed E-state index contributed by atoms with van der Waals surface area (Å²) in [6.07, 6.45) is 3.92. The molecule has 0 spiro atoms. The van der Waals surface area contributed by atoms with E-state index in [1.165, 1.54) is 14.2 Å². The fraction of sp³-hybridized carbons (Fsp3) is 0.463. The molecular formula is C41H52F2N6O8S2. The number of sulfonamides is 1. The fourth-order valence-corrected chi connectivity index (χ4v) is 9.11. The van der Waals surface area contributed by atoms with E-state index in [1.54, 1.807) is 39.0 Å². The molecule has 1 saturated carbocycles. The van der Waals surface area contributed by atoms with Gasteiger partial charge in [0.25, 0.3) is 10.0 Å². The van der Waals surface area contributed by atoms with Crippen LogP contribution < -0.4 is 29.7 Å². The Morgan fingerprint density at radius 1 is 1.00 bits per heavy atom. The lowest BCUT2D eigenvalue weighted by atomic mass is 9.61. The van der Waals surface area contributed by atoms with Crippen molar-refractivity contribution in [2.45, 2.75) is 89.5 Å². The molecule has 1 aromatic heterocycles. The number of carbonyl (C=O) groups excluding carboxylic acids is 2. The summed E-state index contributed by atoms with van der Waals surface area (Å²) in [7, 11) is -1.86. The normalized spacial score (nSPS) is 14.6. The van der Waals surface area contributed by atoms with Crippen LogP contribution in [0.25, 0.3) is 0 Å². The first-order valence-electron chi connectivity index (χ1n) is 19.2. The van der Waals surface area contributed by atoms with Crippen LogP contribution in [0.5, 0.6) is 11.5 Å². The quantitative estimate of drug-likeness (QED) is 0.0834. The van der Waals surface area contributed by atoms with Gasteiger partial charge in [0.1, 0.15) is 46.6 Å². The van der Waals surface area contributed by atoms with Crippen molar-refractivity contribution >= 4 is 44.6 Å². The van der Waals surface area contributed by atoms with Gasteiger partial charge < -0.3 is 34.9 Å². The molecule has 59 heavy (non-hydrogen) atoms. The zero-order valence-electron chi connectivity index (χ0n) is 34.0. The minimum Gasteiger partial charge on any atom is -0.497 e. The third kappa shape index (κ3) is 12.2. The molecule has 1 aliphatic carbocycles. The van der Waals surface area contributed by atoms with Gasteiger partial charge in [0.15, 0.2) is 0 Å². The second-order valence-corrected chi connectivity index (χ2v) is 18.1. The number of hydrogen-bond donors (Lipinski definition) is 3. The van der Waals surface area contributed by atoms with Gasteiger partial charge in [0.05, 0.1) is 26.5 Å². The van der Waals surface area contributed by atoms with Crippen molar-refractivity contribution in [3.05, 3.63) is 89.8 Å². The van der Waals surface area contributed by atoms with Crippen LogP contribution >= 0.6 is 11.5 Å². The highest BCUT2D eigenvalue weighted by atomic mass is 32.2. The Morgan fingerprint density at radius 2 is 1.75 bits per heavy atom. The van der Waals surface area contributed by atoms with Gasteiger partial charge in [-0.2, -0.15) is 4.37 Å². The van der Waals surface area contributed by atoms with Crippen molar-refractivity contribution in [1.82, 2.24) is 20.0 Å². The number of benzene rings is 3. The Labute approximate surface area is 348 Å². The third-order valence-electron chi connectivity index (χ3n) is 10.2. The van der Waals surface area contributed by atoms with Crippen LogP contribution in [-0.4, -0.2) is 68.9 Å². The first-order valence-corrected chi connectivity index (χ1v) is 21.4. The van der Waals surface area contributed by atoms with Crippen molar-refractivity contribution < 1.29 is 45.7 Å². The summed E-state index contributed by atoms with van der Waals surface area (Å²) in [5, 5.41) is 8.65. The van der Waals surface area contributed by atoms with Crippen LogP contribution in [0.3, 0.4) is 0 Å². The van der Waals surface area contributed by atoms with Crippen molar-refractivity contribution in [3.63, 3.8) is 0 Å². The van der Waals surface area contributed by atoms with Crippen molar-refractivity contribution in [1.29, 1.82) is 0 Å². The lowest BCUT2D eigenvalue weighted by Gasteiger charge is -2.45. The number of halogens is 2. The lowest BCUT2D eigenvalue weighted by Crippen LogP contribution is -2.46. The summed E-state index contributed by atoms with van der Waals surface area (Å²) in [5.74, 6) is -1.74. The molecule has 5 rings (SSSR count). The van der Waals surface area contributed by atoms with Crippen molar-refractivity contribution in [2.24, 2.45) is 11.3 Å². The molecule has 0 radical (unpaired) electrons. The highest BCUT2D eigenvalue weighted by Crippen LogP contribution is 2.49. The Bertz CT molecular complexity index is 2140. The number of anilines is 2. The second-order valence-electron chi connectivity index (χ2n) is 15.5. The lowest BCUT2D eigenvalue weighted by molar-refractivity contribution is 0.0436. The summed E-state index contributed by atoms with van der Waals surface area (Å²) in [4.78, 5) is 28.5. The summed E-state index contributed by atoms with van der Waals surface area (Å²) < 4.78 is 86.5. The molecule has 4 aromatic rings. The molecule has 14 nitrogen and oxygen atoms in total. The van der Waals surface area contributed by atoms with E-state index in [2.05, 4.69) is 25.3 Å². The smallest absolute Gasteiger partial charge is 0.407 e. The van der Waals surface area contributed by atoms with Gasteiger partial charge in [-0.25, -0.2) is 36.1 Å². The SMILES string of the molecule is COc1ccc(CN(c2ncns2)S(=O)(=O)c2cc(F)c(NC[C@H](CC3(CCNC(=O)OCc4ccccc4)CCC3)[C@@H](C)NC(=O)OC(C)(C)C)cc2F)c(OC)c1. The molecule has 320 valence electrons. The van der Waals surface area contributed by atoms with Crippen LogP contribution in [0, 0.1) is 23.0 Å². The molecule has 1 heterocycles. The van der Waals surface area contributed by atoms with Crippen LogP contribution in [0.4, 0.5) is 29.2 Å². The zero-order valence-corrected chi connectivity index (χ0v) is 35.7. The van der Waals surface area contributed by atoms with E-state index < -0.39 is 50.4 Å². The highest BCUT2D eigenvalue weighted by Gasteiger charge is 2.40. The molecular weight excluding hydrogens is 807 g/mol. The van der Waals surface area contributed by atoms with E-state index in [0.717, 1.165) is 53.1 Å². The van der Waals surface area contributed by atoms with Gasteiger partial charge in [-0.05, 0) is 88.5 Å². The number of carbonyl (C=O) groups is 2. The van der Waals surface area contributed by atoms with E-state index in [9.17, 15) is 18.0 Å². The Balaban J connectivity index is 1.32. The molecule has 3 N–H and O–H groups in total. The van der Waals surface area contributed by atoms with Crippen LogP contribution in [-0.2, 0) is 32.6 Å². The first-order chi connectivity index (χ1) is 28.0. The third-order valence-corrected chi connectivity index (χ3v) is 12.8. The second kappa shape index (κ2) is 19.7. The zero-order chi connectivity index (χ0) is 42.8. The van der Waals surface area contributed by atoms with E-state index in [4.69, 9.17) is 18.9 Å². The van der Waals surface area contributed by atoms with E-state index in [1.807, 2.05) is 37.3 Å². The maximum absolute atomic E-state index is 16.0. The molecule has 1 aliphatic rings. The Kier molecular flexibility index (Phi) is 15.0. The van der Waals surface area contributed by atoms with Gasteiger partial charge >= 0.3 is 12.2 Å². The number of amides is 2. The largest absolute Gasteiger partial charge is 0.497 e. The number of methoxy groups -OCH3 is 2. The first kappa shape index (κ1) is 44.9. The number of nitrogens with one attached hydrogen (secondary N) is 3. The van der Waals surface area contributed by atoms with Gasteiger partial charge in [-0.1, -0.05) is 36.8 Å². The van der Waals surface area contributed by atoms with Crippen molar-refractivity contribution in [2.75, 3.05) is 36.9 Å². The van der Waals surface area contributed by atoms with E-state index in [-0.39, 0.29) is 41.8 Å². The molecule has 2 amide bonds. The van der Waals surface area contributed by atoms with Crippen LogP contribution in [0.15, 0.2) is 71.9 Å². The molecule has 0 aliphatic heterocycles.